The molecule has 0 spiro atoms. The summed E-state index contributed by atoms with van der Waals surface area (Å²) >= 11 is 0. The maximum Gasteiger partial charge on any atom is 0.249 e. The smallest absolute Gasteiger partial charge is 0.249 e. The van der Waals surface area contributed by atoms with E-state index in [2.05, 4.69) is 15.2 Å². The second kappa shape index (κ2) is 5.37. The van der Waals surface area contributed by atoms with Gasteiger partial charge in [0.1, 0.15) is 17.5 Å². The van der Waals surface area contributed by atoms with Crippen molar-refractivity contribution in [2.24, 2.45) is 0 Å². The molecule has 0 saturated heterocycles. The van der Waals surface area contributed by atoms with Gasteiger partial charge in [-0.15, -0.1) is 0 Å². The van der Waals surface area contributed by atoms with Crippen LogP contribution in [-0.4, -0.2) is 35.0 Å². The molecular formula is C11H13F2N5O2S. The maximum atomic E-state index is 13.7. The average Bonchev–Trinajstić information content (AvgIpc) is 2.72. The lowest BCUT2D eigenvalue weighted by molar-refractivity contribution is 0.441. The Morgan fingerprint density at radius 3 is 2.38 bits per heavy atom. The Kier molecular flexibility index (Phi) is 3.92. The Balaban J connectivity index is 2.38. The van der Waals surface area contributed by atoms with Gasteiger partial charge in [-0.1, -0.05) is 0 Å². The molecule has 1 aromatic carbocycles. The molecule has 0 bridgehead atoms. The second-order valence-electron chi connectivity index (χ2n) is 4.41. The van der Waals surface area contributed by atoms with E-state index in [1.807, 2.05) is 0 Å². The quantitative estimate of drug-likeness (QED) is 0.811. The van der Waals surface area contributed by atoms with Crippen molar-refractivity contribution < 1.29 is 17.2 Å². The number of aryl methyl sites for hydroxylation is 1. The Hall–Kier alpha value is -2.07. The third kappa shape index (κ3) is 3.00. The molecule has 21 heavy (non-hydrogen) atoms. The standard InChI is InChI=1S/C11H13F2N5O2S/c1-6-15-10(17-16-6)5-18(2)21(19,20)11-8(12)3-7(14)4-9(11)13/h3-4H,5,14H2,1-2H3,(H,15,16,17). The molecule has 1 heterocycles. The van der Waals surface area contributed by atoms with Crippen LogP contribution in [0.25, 0.3) is 0 Å². The minimum atomic E-state index is -4.37. The normalized spacial score (nSPS) is 12.0. The molecule has 2 aromatic rings. The number of nitrogens with one attached hydrogen (secondary N) is 1. The Labute approximate surface area is 119 Å². The number of aromatic nitrogens is 3. The first-order chi connectivity index (χ1) is 9.71. The number of halogens is 2. The summed E-state index contributed by atoms with van der Waals surface area (Å²) in [7, 11) is -3.20. The topological polar surface area (TPSA) is 105 Å². The van der Waals surface area contributed by atoms with Crippen molar-refractivity contribution in [1.82, 2.24) is 19.5 Å². The summed E-state index contributed by atoms with van der Waals surface area (Å²) < 4.78 is 52.7. The monoisotopic (exact) mass is 317 g/mol. The van der Waals surface area contributed by atoms with Crippen LogP contribution in [0.2, 0.25) is 0 Å². The predicted molar refractivity (Wildman–Crippen MR) is 70.5 cm³/mol. The summed E-state index contributed by atoms with van der Waals surface area (Å²) in [4.78, 5) is 2.89. The number of aromatic amines is 1. The van der Waals surface area contributed by atoms with E-state index >= 15 is 0 Å². The van der Waals surface area contributed by atoms with E-state index in [1.54, 1.807) is 6.92 Å². The highest BCUT2D eigenvalue weighted by atomic mass is 32.2. The van der Waals surface area contributed by atoms with Crippen molar-refractivity contribution >= 4 is 15.7 Å². The number of rotatable bonds is 4. The van der Waals surface area contributed by atoms with Crippen molar-refractivity contribution in [2.45, 2.75) is 18.4 Å². The summed E-state index contributed by atoms with van der Waals surface area (Å²) in [6, 6.07) is 1.50. The first kappa shape index (κ1) is 15.3. The second-order valence-corrected chi connectivity index (χ2v) is 6.39. The third-order valence-corrected chi connectivity index (χ3v) is 4.55. The minimum absolute atomic E-state index is 0.190. The van der Waals surface area contributed by atoms with Crippen LogP contribution in [0.15, 0.2) is 17.0 Å². The van der Waals surface area contributed by atoms with Crippen molar-refractivity contribution in [2.75, 3.05) is 12.8 Å². The van der Waals surface area contributed by atoms with Crippen LogP contribution in [0, 0.1) is 18.6 Å². The molecule has 0 aliphatic heterocycles. The molecule has 0 amide bonds. The number of sulfonamides is 1. The molecule has 7 nitrogen and oxygen atoms in total. The lowest BCUT2D eigenvalue weighted by Gasteiger charge is -2.16. The van der Waals surface area contributed by atoms with Gasteiger partial charge in [0.25, 0.3) is 0 Å². The number of nitrogen functional groups attached to an aromatic ring is 1. The lowest BCUT2D eigenvalue weighted by atomic mass is 10.3. The number of H-pyrrole nitrogens is 1. The van der Waals surface area contributed by atoms with Crippen LogP contribution in [0.5, 0.6) is 0 Å². The van der Waals surface area contributed by atoms with E-state index in [1.165, 1.54) is 7.05 Å². The fourth-order valence-electron chi connectivity index (χ4n) is 1.73. The molecule has 0 unspecified atom stereocenters. The Bertz CT molecular complexity index is 752. The molecular weight excluding hydrogens is 304 g/mol. The van der Waals surface area contributed by atoms with Crippen LogP contribution in [0.3, 0.4) is 0 Å². The van der Waals surface area contributed by atoms with Crippen LogP contribution in [-0.2, 0) is 16.6 Å². The van der Waals surface area contributed by atoms with E-state index in [0.717, 1.165) is 16.4 Å². The van der Waals surface area contributed by atoms with Crippen LogP contribution < -0.4 is 5.73 Å². The van der Waals surface area contributed by atoms with Crippen molar-refractivity contribution in [3.05, 3.63) is 35.4 Å². The first-order valence-electron chi connectivity index (χ1n) is 5.80. The zero-order chi connectivity index (χ0) is 15.8. The highest BCUT2D eigenvalue weighted by Gasteiger charge is 2.29. The number of hydrogen-bond acceptors (Lipinski definition) is 5. The molecule has 0 saturated carbocycles. The van der Waals surface area contributed by atoms with Crippen molar-refractivity contribution in [3.63, 3.8) is 0 Å². The van der Waals surface area contributed by atoms with Crippen LogP contribution >= 0.6 is 0 Å². The largest absolute Gasteiger partial charge is 0.399 e. The van der Waals surface area contributed by atoms with Gasteiger partial charge in [0.05, 0.1) is 6.54 Å². The van der Waals surface area contributed by atoms with E-state index in [-0.39, 0.29) is 18.1 Å². The maximum absolute atomic E-state index is 13.7. The summed E-state index contributed by atoms with van der Waals surface area (Å²) in [6.45, 7) is 1.42. The Morgan fingerprint density at radius 1 is 1.33 bits per heavy atom. The molecule has 0 fully saturated rings. The number of nitrogens with zero attached hydrogens (tertiary/aromatic N) is 3. The van der Waals surface area contributed by atoms with Gasteiger partial charge in [-0.2, -0.15) is 9.40 Å². The van der Waals surface area contributed by atoms with Crippen LogP contribution in [0.1, 0.15) is 11.6 Å². The first-order valence-corrected chi connectivity index (χ1v) is 7.24. The highest BCUT2D eigenvalue weighted by molar-refractivity contribution is 7.89. The van der Waals surface area contributed by atoms with Crippen LogP contribution in [0.4, 0.5) is 14.5 Å². The highest BCUT2D eigenvalue weighted by Crippen LogP contribution is 2.24. The number of anilines is 1. The molecule has 1 aromatic heterocycles. The van der Waals surface area contributed by atoms with Gasteiger partial charge in [-0.3, -0.25) is 5.10 Å². The van der Waals surface area contributed by atoms with E-state index in [9.17, 15) is 17.2 Å². The Morgan fingerprint density at radius 2 is 1.90 bits per heavy atom. The van der Waals surface area contributed by atoms with Gasteiger partial charge in [0.2, 0.25) is 10.0 Å². The molecule has 10 heteroatoms. The molecule has 0 aliphatic rings. The zero-order valence-corrected chi connectivity index (χ0v) is 12.1. The molecule has 114 valence electrons. The summed E-state index contributed by atoms with van der Waals surface area (Å²) in [5.74, 6) is -1.80. The summed E-state index contributed by atoms with van der Waals surface area (Å²) in [5.41, 5.74) is 5.06. The summed E-state index contributed by atoms with van der Waals surface area (Å²) in [5, 5.41) is 6.32. The molecule has 0 radical (unpaired) electrons. The SMILES string of the molecule is Cc1nc(CN(C)S(=O)(=O)c2c(F)cc(N)cc2F)n[nH]1. The zero-order valence-electron chi connectivity index (χ0n) is 11.3. The van der Waals surface area contributed by atoms with E-state index in [4.69, 9.17) is 5.73 Å². The molecule has 0 aliphatic carbocycles. The fourth-order valence-corrected chi connectivity index (χ4v) is 2.93. The van der Waals surface area contributed by atoms with Gasteiger partial charge in [0, 0.05) is 12.7 Å². The average molecular weight is 317 g/mol. The lowest BCUT2D eigenvalue weighted by Crippen LogP contribution is -2.28. The third-order valence-electron chi connectivity index (χ3n) is 2.70. The summed E-state index contributed by atoms with van der Waals surface area (Å²) in [6.07, 6.45) is 0. The van der Waals surface area contributed by atoms with Crippen molar-refractivity contribution in [1.29, 1.82) is 0 Å². The van der Waals surface area contributed by atoms with E-state index < -0.39 is 26.6 Å². The minimum Gasteiger partial charge on any atom is -0.399 e. The number of nitrogens with two attached hydrogens (primary N) is 1. The molecule has 3 N–H and O–H groups in total. The van der Waals surface area contributed by atoms with Gasteiger partial charge >= 0.3 is 0 Å². The van der Waals surface area contributed by atoms with Gasteiger partial charge in [-0.25, -0.2) is 22.2 Å². The van der Waals surface area contributed by atoms with Gasteiger partial charge in [-0.05, 0) is 19.1 Å². The number of benzene rings is 1. The molecule has 2 rings (SSSR count). The fraction of sp³-hybridized carbons (Fsp3) is 0.273. The molecule has 0 atom stereocenters. The van der Waals surface area contributed by atoms with E-state index in [0.29, 0.717) is 5.82 Å². The van der Waals surface area contributed by atoms with Crippen molar-refractivity contribution in [3.8, 4) is 0 Å². The number of hydrogen-bond donors (Lipinski definition) is 2. The van der Waals surface area contributed by atoms with Gasteiger partial charge in [0.15, 0.2) is 10.7 Å². The predicted octanol–water partition coefficient (Wildman–Crippen LogP) is 0.794. The van der Waals surface area contributed by atoms with Gasteiger partial charge < -0.3 is 5.73 Å².